The summed E-state index contributed by atoms with van der Waals surface area (Å²) in [5.74, 6) is 2.65. The Morgan fingerprint density at radius 1 is 1.67 bits per heavy atom. The highest BCUT2D eigenvalue weighted by molar-refractivity contribution is 7.11. The molecule has 1 fully saturated rings. The summed E-state index contributed by atoms with van der Waals surface area (Å²) in [6.07, 6.45) is 9.23. The maximum atomic E-state index is 5.65. The first kappa shape index (κ1) is 10.5. The van der Waals surface area contributed by atoms with E-state index >= 15 is 0 Å². The topological polar surface area (TPSA) is 25.4 Å². The maximum Gasteiger partial charge on any atom is 0.273 e. The molecule has 0 saturated carbocycles. The van der Waals surface area contributed by atoms with Crippen LogP contribution in [0, 0.1) is 12.3 Å². The van der Waals surface area contributed by atoms with E-state index in [1.165, 1.54) is 0 Å². The molecule has 3 nitrogen and oxygen atoms in total. The molecule has 80 valence electrons. The molecule has 1 aliphatic heterocycles. The molecule has 0 bridgehead atoms. The van der Waals surface area contributed by atoms with Gasteiger partial charge in [0.1, 0.15) is 6.10 Å². The number of rotatable bonds is 5. The normalized spacial score (nSPS) is 17.0. The predicted octanol–water partition coefficient (Wildman–Crippen LogP) is 1.62. The molecule has 0 N–H and O–H groups in total. The third-order valence-corrected chi connectivity index (χ3v) is 3.06. The third-order valence-electron chi connectivity index (χ3n) is 2.40. The van der Waals surface area contributed by atoms with Crippen LogP contribution in [0.3, 0.4) is 0 Å². The van der Waals surface area contributed by atoms with Gasteiger partial charge < -0.3 is 4.74 Å². The van der Waals surface area contributed by atoms with E-state index in [1.54, 1.807) is 17.5 Å². The van der Waals surface area contributed by atoms with Gasteiger partial charge >= 0.3 is 0 Å². The second-order valence-electron chi connectivity index (χ2n) is 3.61. The summed E-state index contributed by atoms with van der Waals surface area (Å²) in [6.45, 7) is 3.09. The van der Waals surface area contributed by atoms with Gasteiger partial charge in [-0.2, -0.15) is 0 Å². The van der Waals surface area contributed by atoms with Crippen molar-refractivity contribution in [1.82, 2.24) is 9.88 Å². The first-order chi connectivity index (χ1) is 7.38. The summed E-state index contributed by atoms with van der Waals surface area (Å²) in [6, 6.07) is 0. The fourth-order valence-corrected chi connectivity index (χ4v) is 2.15. The molecule has 1 aliphatic rings. The average molecular weight is 222 g/mol. The van der Waals surface area contributed by atoms with Crippen molar-refractivity contribution < 1.29 is 4.74 Å². The minimum absolute atomic E-state index is 0.321. The molecule has 2 rings (SSSR count). The van der Waals surface area contributed by atoms with E-state index in [9.17, 15) is 0 Å². The van der Waals surface area contributed by atoms with Crippen LogP contribution in [0.4, 0.5) is 0 Å². The van der Waals surface area contributed by atoms with E-state index in [0.717, 1.165) is 37.7 Å². The molecule has 2 heterocycles. The number of terminal acetylenes is 1. The van der Waals surface area contributed by atoms with Crippen molar-refractivity contribution in [3.8, 4) is 17.5 Å². The average Bonchev–Trinajstić information content (AvgIpc) is 2.66. The zero-order valence-electron chi connectivity index (χ0n) is 8.56. The van der Waals surface area contributed by atoms with Crippen molar-refractivity contribution in [2.24, 2.45) is 0 Å². The van der Waals surface area contributed by atoms with E-state index in [2.05, 4.69) is 15.8 Å². The number of likely N-dealkylation sites (tertiary alicyclic amines) is 1. The smallest absolute Gasteiger partial charge is 0.273 e. The quantitative estimate of drug-likeness (QED) is 0.559. The van der Waals surface area contributed by atoms with Crippen molar-refractivity contribution in [2.45, 2.75) is 18.9 Å². The number of unbranched alkanes of at least 4 members (excludes halogenated alkanes) is 1. The van der Waals surface area contributed by atoms with E-state index in [-0.39, 0.29) is 0 Å². The molecule has 0 atom stereocenters. The van der Waals surface area contributed by atoms with Gasteiger partial charge in [-0.05, 0) is 13.0 Å². The SMILES string of the molecule is C#CCCCN1CC(Oc2nccs2)C1. The van der Waals surface area contributed by atoms with Crippen LogP contribution in [0.5, 0.6) is 5.19 Å². The minimum atomic E-state index is 0.321. The number of ether oxygens (including phenoxy) is 1. The van der Waals surface area contributed by atoms with Gasteiger partial charge in [-0.1, -0.05) is 11.3 Å². The molecule has 0 aliphatic carbocycles. The highest BCUT2D eigenvalue weighted by Gasteiger charge is 2.28. The zero-order chi connectivity index (χ0) is 10.5. The van der Waals surface area contributed by atoms with Crippen LogP contribution < -0.4 is 4.74 Å². The summed E-state index contributed by atoms with van der Waals surface area (Å²) in [5.41, 5.74) is 0. The lowest BCUT2D eigenvalue weighted by Crippen LogP contribution is -2.53. The van der Waals surface area contributed by atoms with Crippen LogP contribution in [-0.4, -0.2) is 35.6 Å². The van der Waals surface area contributed by atoms with E-state index < -0.39 is 0 Å². The lowest BCUT2D eigenvalue weighted by Gasteiger charge is -2.38. The molecule has 1 aromatic rings. The van der Waals surface area contributed by atoms with Gasteiger partial charge in [0.15, 0.2) is 0 Å². The Morgan fingerprint density at radius 2 is 2.53 bits per heavy atom. The standard InChI is InChI=1S/C11H14N2OS/c1-2-3-4-6-13-8-10(9-13)14-11-12-5-7-15-11/h1,5,7,10H,3-4,6,8-9H2. The predicted molar refractivity (Wildman–Crippen MR) is 61.0 cm³/mol. The van der Waals surface area contributed by atoms with Crippen molar-refractivity contribution in [3.63, 3.8) is 0 Å². The van der Waals surface area contributed by atoms with Gasteiger partial charge in [-0.3, -0.25) is 4.90 Å². The Bertz CT molecular complexity index is 325. The molecule has 0 amide bonds. The molecule has 1 saturated heterocycles. The summed E-state index contributed by atoms with van der Waals surface area (Å²) in [7, 11) is 0. The number of hydrogen-bond donors (Lipinski definition) is 0. The maximum absolute atomic E-state index is 5.65. The monoisotopic (exact) mass is 222 g/mol. The Morgan fingerprint density at radius 3 is 3.20 bits per heavy atom. The Kier molecular flexibility index (Phi) is 3.59. The zero-order valence-corrected chi connectivity index (χ0v) is 9.37. The van der Waals surface area contributed by atoms with Crippen molar-refractivity contribution >= 4 is 11.3 Å². The largest absolute Gasteiger partial charge is 0.464 e. The molecule has 0 unspecified atom stereocenters. The molecular formula is C11H14N2OS. The molecular weight excluding hydrogens is 208 g/mol. The lowest BCUT2D eigenvalue weighted by atomic mass is 10.1. The summed E-state index contributed by atoms with van der Waals surface area (Å²) in [5, 5.41) is 2.71. The molecule has 0 aromatic carbocycles. The molecule has 15 heavy (non-hydrogen) atoms. The van der Waals surface area contributed by atoms with Gasteiger partial charge in [-0.15, -0.1) is 12.3 Å². The van der Waals surface area contributed by atoms with Crippen molar-refractivity contribution in [1.29, 1.82) is 0 Å². The minimum Gasteiger partial charge on any atom is -0.464 e. The Balaban J connectivity index is 1.60. The number of nitrogens with zero attached hydrogens (tertiary/aromatic N) is 2. The Labute approximate surface area is 94.1 Å². The molecule has 1 aromatic heterocycles. The van der Waals surface area contributed by atoms with E-state index in [1.807, 2.05) is 5.38 Å². The third kappa shape index (κ3) is 2.95. The van der Waals surface area contributed by atoms with E-state index in [4.69, 9.17) is 11.2 Å². The van der Waals surface area contributed by atoms with Gasteiger partial charge in [0.2, 0.25) is 0 Å². The van der Waals surface area contributed by atoms with Gasteiger partial charge in [0.05, 0.1) is 0 Å². The Hall–Kier alpha value is -1.05. The van der Waals surface area contributed by atoms with Gasteiger partial charge in [0.25, 0.3) is 5.19 Å². The highest BCUT2D eigenvalue weighted by Crippen LogP contribution is 2.20. The first-order valence-electron chi connectivity index (χ1n) is 5.10. The summed E-state index contributed by atoms with van der Waals surface area (Å²) >= 11 is 1.54. The van der Waals surface area contributed by atoms with Crippen LogP contribution in [-0.2, 0) is 0 Å². The molecule has 0 spiro atoms. The van der Waals surface area contributed by atoms with E-state index in [0.29, 0.717) is 6.10 Å². The number of hydrogen-bond acceptors (Lipinski definition) is 4. The van der Waals surface area contributed by atoms with Crippen LogP contribution in [0.1, 0.15) is 12.8 Å². The van der Waals surface area contributed by atoms with Crippen LogP contribution in [0.2, 0.25) is 0 Å². The van der Waals surface area contributed by atoms with Gasteiger partial charge in [0, 0.05) is 31.1 Å². The second-order valence-corrected chi connectivity index (χ2v) is 4.46. The first-order valence-corrected chi connectivity index (χ1v) is 5.98. The number of aromatic nitrogens is 1. The highest BCUT2D eigenvalue weighted by atomic mass is 32.1. The fraction of sp³-hybridized carbons (Fsp3) is 0.545. The molecule has 4 heteroatoms. The molecule has 0 radical (unpaired) electrons. The van der Waals surface area contributed by atoms with Crippen molar-refractivity contribution in [2.75, 3.05) is 19.6 Å². The van der Waals surface area contributed by atoms with Crippen LogP contribution >= 0.6 is 11.3 Å². The summed E-state index contributed by atoms with van der Waals surface area (Å²) < 4.78 is 5.65. The van der Waals surface area contributed by atoms with Crippen molar-refractivity contribution in [3.05, 3.63) is 11.6 Å². The van der Waals surface area contributed by atoms with Gasteiger partial charge in [-0.25, -0.2) is 4.98 Å². The van der Waals surface area contributed by atoms with Crippen LogP contribution in [0.15, 0.2) is 11.6 Å². The lowest BCUT2D eigenvalue weighted by molar-refractivity contribution is 0.0196. The second kappa shape index (κ2) is 5.15. The van der Waals surface area contributed by atoms with Crippen LogP contribution in [0.25, 0.3) is 0 Å². The fourth-order valence-electron chi connectivity index (χ4n) is 1.60. The summed E-state index contributed by atoms with van der Waals surface area (Å²) in [4.78, 5) is 6.45. The number of thiazole rings is 1.